The molecule has 0 spiro atoms. The van der Waals surface area contributed by atoms with E-state index in [1.54, 1.807) is 13.4 Å². The maximum atomic E-state index is 5.42. The average Bonchev–Trinajstić information content (AvgIpc) is 2.96. The Morgan fingerprint density at radius 3 is 2.75 bits per heavy atom. The first kappa shape index (κ1) is 20.2. The summed E-state index contributed by atoms with van der Waals surface area (Å²) in [5.74, 6) is 2.44. The van der Waals surface area contributed by atoms with E-state index in [2.05, 4.69) is 31.9 Å². The molecule has 1 aromatic carbocycles. The van der Waals surface area contributed by atoms with Crippen molar-refractivity contribution in [2.24, 2.45) is 12.0 Å². The Kier molecular flexibility index (Phi) is 8.51. The van der Waals surface area contributed by atoms with Gasteiger partial charge in [0.25, 0.3) is 0 Å². The summed E-state index contributed by atoms with van der Waals surface area (Å²) < 4.78 is 7.30. The molecule has 0 bridgehead atoms. The molecular weight excluding hydrogens is 419 g/mol. The zero-order valence-electron chi connectivity index (χ0n) is 14.5. The molecule has 7 nitrogen and oxygen atoms in total. The Morgan fingerprint density at radius 2 is 2.12 bits per heavy atom. The van der Waals surface area contributed by atoms with Gasteiger partial charge in [0, 0.05) is 19.2 Å². The topological polar surface area (TPSA) is 76.4 Å². The van der Waals surface area contributed by atoms with Crippen LogP contribution in [0.3, 0.4) is 0 Å². The number of aromatic nitrogens is 3. The van der Waals surface area contributed by atoms with Gasteiger partial charge in [0.2, 0.25) is 0 Å². The summed E-state index contributed by atoms with van der Waals surface area (Å²) in [4.78, 5) is 4.61. The van der Waals surface area contributed by atoms with Crippen LogP contribution in [0.2, 0.25) is 0 Å². The fraction of sp³-hybridized carbons (Fsp3) is 0.438. The van der Waals surface area contributed by atoms with Gasteiger partial charge in [-0.2, -0.15) is 0 Å². The number of aryl methyl sites for hydroxylation is 2. The van der Waals surface area contributed by atoms with Gasteiger partial charge in [0.1, 0.15) is 12.1 Å². The van der Waals surface area contributed by atoms with Gasteiger partial charge >= 0.3 is 0 Å². The van der Waals surface area contributed by atoms with Crippen LogP contribution in [-0.2, 0) is 20.1 Å². The standard InChI is InChI=1S/C16H24N6O.HI/c1-5-17-16(19-10-15-21-20-11-22(15)3)18-9-13-7-6-12(2)8-14(13)23-4;/h6-8,11H,5,9-10H2,1-4H3,(H2,17,18,19);1H. The molecule has 0 fully saturated rings. The largest absolute Gasteiger partial charge is 0.496 e. The predicted molar refractivity (Wildman–Crippen MR) is 106 cm³/mol. The number of halogens is 1. The SMILES string of the molecule is CCNC(=NCc1ccc(C)cc1OC)NCc1nncn1C.I. The van der Waals surface area contributed by atoms with E-state index in [4.69, 9.17) is 4.74 Å². The molecule has 24 heavy (non-hydrogen) atoms. The minimum absolute atomic E-state index is 0. The van der Waals surface area contributed by atoms with Gasteiger partial charge in [-0.3, -0.25) is 0 Å². The highest BCUT2D eigenvalue weighted by Crippen LogP contribution is 2.20. The molecule has 0 unspecified atom stereocenters. The fourth-order valence-electron chi connectivity index (χ4n) is 2.12. The summed E-state index contributed by atoms with van der Waals surface area (Å²) in [6.45, 7) is 5.97. The summed E-state index contributed by atoms with van der Waals surface area (Å²) in [6, 6.07) is 6.13. The van der Waals surface area contributed by atoms with E-state index < -0.39 is 0 Å². The van der Waals surface area contributed by atoms with Gasteiger partial charge in [0.05, 0.1) is 20.2 Å². The average molecular weight is 444 g/mol. The number of rotatable bonds is 6. The lowest BCUT2D eigenvalue weighted by molar-refractivity contribution is 0.409. The van der Waals surface area contributed by atoms with E-state index in [1.807, 2.05) is 37.6 Å². The molecule has 0 aliphatic carbocycles. The molecule has 0 aliphatic rings. The van der Waals surface area contributed by atoms with Crippen molar-refractivity contribution in [2.45, 2.75) is 26.9 Å². The summed E-state index contributed by atoms with van der Waals surface area (Å²) >= 11 is 0. The highest BCUT2D eigenvalue weighted by molar-refractivity contribution is 14.0. The van der Waals surface area contributed by atoms with Crippen molar-refractivity contribution in [1.29, 1.82) is 0 Å². The molecule has 0 atom stereocenters. The molecule has 0 radical (unpaired) electrons. The summed E-state index contributed by atoms with van der Waals surface area (Å²) in [7, 11) is 3.59. The normalized spacial score (nSPS) is 10.9. The number of guanidine groups is 1. The van der Waals surface area contributed by atoms with Crippen molar-refractivity contribution in [3.63, 3.8) is 0 Å². The van der Waals surface area contributed by atoms with Crippen LogP contribution in [0.25, 0.3) is 0 Å². The molecule has 0 saturated carbocycles. The van der Waals surface area contributed by atoms with Gasteiger partial charge < -0.3 is 19.9 Å². The van der Waals surface area contributed by atoms with Gasteiger partial charge in [-0.05, 0) is 25.5 Å². The number of benzene rings is 1. The second-order valence-electron chi connectivity index (χ2n) is 5.22. The van der Waals surface area contributed by atoms with Gasteiger partial charge in [0.15, 0.2) is 11.8 Å². The number of nitrogens with one attached hydrogen (secondary N) is 2. The van der Waals surface area contributed by atoms with Gasteiger partial charge in [-0.15, -0.1) is 34.2 Å². The van der Waals surface area contributed by atoms with E-state index >= 15 is 0 Å². The van der Waals surface area contributed by atoms with Gasteiger partial charge in [-0.1, -0.05) is 12.1 Å². The first-order valence-corrected chi connectivity index (χ1v) is 7.62. The molecule has 2 rings (SSSR count). The van der Waals surface area contributed by atoms with Crippen molar-refractivity contribution in [2.75, 3.05) is 13.7 Å². The minimum Gasteiger partial charge on any atom is -0.496 e. The number of methoxy groups -OCH3 is 1. The molecule has 1 heterocycles. The van der Waals surface area contributed by atoms with Crippen LogP contribution in [0.4, 0.5) is 0 Å². The molecule has 0 amide bonds. The predicted octanol–water partition coefficient (Wildman–Crippen LogP) is 2.01. The smallest absolute Gasteiger partial charge is 0.191 e. The third kappa shape index (κ3) is 5.66. The molecule has 132 valence electrons. The van der Waals surface area contributed by atoms with Crippen LogP contribution in [-0.4, -0.2) is 34.4 Å². The van der Waals surface area contributed by atoms with Crippen molar-refractivity contribution >= 4 is 29.9 Å². The molecule has 2 N–H and O–H groups in total. The maximum absolute atomic E-state index is 5.42. The van der Waals surface area contributed by atoms with E-state index in [0.29, 0.717) is 13.1 Å². The second kappa shape index (κ2) is 10.1. The Hall–Kier alpha value is -1.84. The number of hydrogen-bond donors (Lipinski definition) is 2. The van der Waals surface area contributed by atoms with Crippen molar-refractivity contribution in [3.05, 3.63) is 41.5 Å². The van der Waals surface area contributed by atoms with Crippen LogP contribution in [0.15, 0.2) is 29.5 Å². The number of hydrogen-bond acceptors (Lipinski definition) is 4. The second-order valence-corrected chi connectivity index (χ2v) is 5.22. The summed E-state index contributed by atoms with van der Waals surface area (Å²) in [5.41, 5.74) is 2.22. The number of ether oxygens (including phenoxy) is 1. The third-order valence-electron chi connectivity index (χ3n) is 3.41. The summed E-state index contributed by atoms with van der Waals surface area (Å²) in [5, 5.41) is 14.4. The van der Waals surface area contributed by atoms with Crippen LogP contribution in [0.1, 0.15) is 23.9 Å². The fourth-order valence-corrected chi connectivity index (χ4v) is 2.12. The van der Waals surface area contributed by atoms with Crippen LogP contribution in [0, 0.1) is 6.92 Å². The molecule has 0 aliphatic heterocycles. The highest BCUT2D eigenvalue weighted by atomic mass is 127. The monoisotopic (exact) mass is 444 g/mol. The van der Waals surface area contributed by atoms with E-state index in [9.17, 15) is 0 Å². The van der Waals surface area contributed by atoms with Crippen LogP contribution >= 0.6 is 24.0 Å². The Labute approximate surface area is 159 Å². The Morgan fingerprint density at radius 1 is 1.33 bits per heavy atom. The zero-order chi connectivity index (χ0) is 16.7. The lowest BCUT2D eigenvalue weighted by atomic mass is 10.1. The number of nitrogens with zero attached hydrogens (tertiary/aromatic N) is 4. The van der Waals surface area contributed by atoms with Crippen molar-refractivity contribution < 1.29 is 4.74 Å². The Balaban J connectivity index is 0.00000288. The van der Waals surface area contributed by atoms with Crippen LogP contribution in [0.5, 0.6) is 5.75 Å². The maximum Gasteiger partial charge on any atom is 0.191 e. The van der Waals surface area contributed by atoms with Gasteiger partial charge in [-0.25, -0.2) is 4.99 Å². The molecule has 1 aromatic heterocycles. The third-order valence-corrected chi connectivity index (χ3v) is 3.41. The first-order chi connectivity index (χ1) is 11.1. The molecular formula is C16H25IN6O. The van der Waals surface area contributed by atoms with E-state index in [-0.39, 0.29) is 24.0 Å². The van der Waals surface area contributed by atoms with E-state index in [0.717, 1.165) is 29.6 Å². The lowest BCUT2D eigenvalue weighted by Crippen LogP contribution is -2.37. The highest BCUT2D eigenvalue weighted by Gasteiger charge is 2.05. The first-order valence-electron chi connectivity index (χ1n) is 7.62. The number of aliphatic imine (C=N–C) groups is 1. The quantitative estimate of drug-likeness (QED) is 0.405. The zero-order valence-corrected chi connectivity index (χ0v) is 16.9. The van der Waals surface area contributed by atoms with E-state index in [1.165, 1.54) is 5.56 Å². The Bertz CT molecular complexity index is 670. The molecule has 8 heteroatoms. The molecule has 2 aromatic rings. The van der Waals surface area contributed by atoms with Crippen molar-refractivity contribution in [1.82, 2.24) is 25.4 Å². The van der Waals surface area contributed by atoms with Crippen molar-refractivity contribution in [3.8, 4) is 5.75 Å². The lowest BCUT2D eigenvalue weighted by Gasteiger charge is -2.12. The molecule has 0 saturated heterocycles. The van der Waals surface area contributed by atoms with Crippen LogP contribution < -0.4 is 15.4 Å². The minimum atomic E-state index is 0. The summed E-state index contributed by atoms with van der Waals surface area (Å²) in [6.07, 6.45) is 1.68.